The molecule has 3 rings (SSSR count). The van der Waals surface area contributed by atoms with Gasteiger partial charge in [0.25, 0.3) is 0 Å². The van der Waals surface area contributed by atoms with E-state index in [0.717, 1.165) is 76.4 Å². The Balaban J connectivity index is 0.00000341. The van der Waals surface area contributed by atoms with Crippen LogP contribution in [0.1, 0.15) is 29.9 Å². The Labute approximate surface area is 206 Å². The molecule has 0 spiro atoms. The number of ether oxygens (including phenoxy) is 1. The van der Waals surface area contributed by atoms with Crippen LogP contribution < -0.4 is 10.6 Å². The summed E-state index contributed by atoms with van der Waals surface area (Å²) in [5.74, 6) is 3.14. The molecule has 0 bridgehead atoms. The van der Waals surface area contributed by atoms with Crippen molar-refractivity contribution in [3.8, 4) is 0 Å². The first-order chi connectivity index (χ1) is 14.6. The van der Waals surface area contributed by atoms with E-state index in [2.05, 4.69) is 50.2 Å². The molecule has 1 saturated heterocycles. The fourth-order valence-corrected chi connectivity index (χ4v) is 4.23. The quantitative estimate of drug-likeness (QED) is 0.201. The zero-order chi connectivity index (χ0) is 21.2. The number of guanidine groups is 1. The second-order valence-corrected chi connectivity index (χ2v) is 8.92. The van der Waals surface area contributed by atoms with E-state index >= 15 is 0 Å². The average Bonchev–Trinajstić information content (AvgIpc) is 3.38. The van der Waals surface area contributed by atoms with Crippen LogP contribution in [-0.4, -0.2) is 71.6 Å². The number of thiophene rings is 1. The molecule has 2 N–H and O–H groups in total. The van der Waals surface area contributed by atoms with Crippen molar-refractivity contribution < 1.29 is 4.74 Å². The summed E-state index contributed by atoms with van der Waals surface area (Å²) in [5, 5.41) is 17.5. The van der Waals surface area contributed by atoms with E-state index < -0.39 is 0 Å². The van der Waals surface area contributed by atoms with Gasteiger partial charge in [-0.2, -0.15) is 0 Å². The average molecular weight is 562 g/mol. The smallest absolute Gasteiger partial charge is 0.191 e. The summed E-state index contributed by atoms with van der Waals surface area (Å²) in [6.45, 7) is 11.4. The van der Waals surface area contributed by atoms with Crippen LogP contribution >= 0.6 is 35.3 Å². The van der Waals surface area contributed by atoms with E-state index in [1.54, 1.807) is 0 Å². The lowest BCUT2D eigenvalue weighted by atomic mass is 10.1. The highest BCUT2D eigenvalue weighted by atomic mass is 127. The van der Waals surface area contributed by atoms with Gasteiger partial charge in [0, 0.05) is 38.1 Å². The summed E-state index contributed by atoms with van der Waals surface area (Å²) < 4.78 is 7.41. The van der Waals surface area contributed by atoms with Gasteiger partial charge in [-0.05, 0) is 43.7 Å². The molecule has 2 aromatic heterocycles. The van der Waals surface area contributed by atoms with Gasteiger partial charge in [0.15, 0.2) is 11.8 Å². The molecule has 8 nitrogen and oxygen atoms in total. The Morgan fingerprint density at radius 2 is 2.10 bits per heavy atom. The first kappa shape index (κ1) is 26.0. The number of hydrogen-bond acceptors (Lipinski definition) is 6. The summed E-state index contributed by atoms with van der Waals surface area (Å²) in [6, 6.07) is 4.32. The number of aliphatic imine (C=N–C) groups is 1. The molecule has 3 heterocycles. The molecule has 2 aromatic rings. The largest absolute Gasteiger partial charge is 0.379 e. The summed E-state index contributed by atoms with van der Waals surface area (Å²) in [7, 11) is 1.98. The lowest BCUT2D eigenvalue weighted by Gasteiger charge is -2.26. The van der Waals surface area contributed by atoms with Crippen molar-refractivity contribution in [3.63, 3.8) is 0 Å². The molecule has 0 radical (unpaired) electrons. The highest BCUT2D eigenvalue weighted by Crippen LogP contribution is 2.13. The molecule has 1 aliphatic heterocycles. The number of morpholine rings is 1. The van der Waals surface area contributed by atoms with Crippen LogP contribution in [-0.2, 0) is 24.8 Å². The predicted molar refractivity (Wildman–Crippen MR) is 137 cm³/mol. The summed E-state index contributed by atoms with van der Waals surface area (Å²) in [4.78, 5) is 8.65. The Hall–Kier alpha value is -1.24. The molecule has 1 aliphatic rings. The van der Waals surface area contributed by atoms with Crippen LogP contribution in [0.2, 0.25) is 0 Å². The third kappa shape index (κ3) is 9.03. The van der Waals surface area contributed by atoms with Crippen molar-refractivity contribution in [2.45, 2.75) is 33.2 Å². The van der Waals surface area contributed by atoms with Gasteiger partial charge in [-0.25, -0.2) is 4.99 Å². The maximum absolute atomic E-state index is 5.42. The van der Waals surface area contributed by atoms with Crippen molar-refractivity contribution in [1.82, 2.24) is 30.3 Å². The van der Waals surface area contributed by atoms with Crippen molar-refractivity contribution in [3.05, 3.63) is 34.0 Å². The minimum atomic E-state index is 0. The Morgan fingerprint density at radius 1 is 1.29 bits per heavy atom. The number of aromatic nitrogens is 3. The van der Waals surface area contributed by atoms with Gasteiger partial charge in [0.2, 0.25) is 0 Å². The monoisotopic (exact) mass is 561 g/mol. The molecule has 0 aromatic carbocycles. The highest BCUT2D eigenvalue weighted by Gasteiger charge is 2.11. The molecule has 0 saturated carbocycles. The molecular weight excluding hydrogens is 525 g/mol. The van der Waals surface area contributed by atoms with Gasteiger partial charge in [0.05, 0.1) is 13.2 Å². The lowest BCUT2D eigenvalue weighted by molar-refractivity contribution is 0.0376. The Morgan fingerprint density at radius 3 is 2.77 bits per heavy atom. The SMILES string of the molecule is Cc1nnc(CN=C(NCCCN2CCOCC2)NCC(C)Cc2cccs2)n1C.I. The second kappa shape index (κ2) is 14.0. The lowest BCUT2D eigenvalue weighted by Crippen LogP contribution is -2.42. The number of hydrogen-bond donors (Lipinski definition) is 2. The predicted octanol–water partition coefficient (Wildman–Crippen LogP) is 2.44. The van der Waals surface area contributed by atoms with Crippen LogP contribution in [0.15, 0.2) is 22.5 Å². The standard InChI is InChI=1S/C21H35N7OS.HI/c1-17(14-19-6-4-13-30-19)15-23-21(24-16-20-26-25-18(2)27(20)3)22-7-5-8-28-9-11-29-12-10-28;/h4,6,13,17H,5,7-12,14-16H2,1-3H3,(H2,22,23,24);1H. The Kier molecular flexibility index (Phi) is 11.8. The van der Waals surface area contributed by atoms with Crippen LogP contribution in [0.25, 0.3) is 0 Å². The minimum absolute atomic E-state index is 0. The zero-order valence-electron chi connectivity index (χ0n) is 18.8. The fourth-order valence-electron chi connectivity index (χ4n) is 3.36. The third-order valence-corrected chi connectivity index (χ3v) is 6.26. The van der Waals surface area contributed by atoms with E-state index in [4.69, 9.17) is 9.73 Å². The zero-order valence-corrected chi connectivity index (χ0v) is 22.0. The number of rotatable bonds is 10. The molecule has 31 heavy (non-hydrogen) atoms. The van der Waals surface area contributed by atoms with Gasteiger partial charge in [-0.3, -0.25) is 4.90 Å². The van der Waals surface area contributed by atoms with Gasteiger partial charge >= 0.3 is 0 Å². The van der Waals surface area contributed by atoms with E-state index in [0.29, 0.717) is 12.5 Å². The second-order valence-electron chi connectivity index (χ2n) is 7.89. The number of nitrogens with zero attached hydrogens (tertiary/aromatic N) is 5. The molecule has 10 heteroatoms. The Bertz CT molecular complexity index is 775. The van der Waals surface area contributed by atoms with Crippen LogP contribution in [0.5, 0.6) is 0 Å². The molecule has 0 aliphatic carbocycles. The van der Waals surface area contributed by atoms with Gasteiger partial charge in [0.1, 0.15) is 12.4 Å². The maximum atomic E-state index is 5.42. The van der Waals surface area contributed by atoms with Crippen LogP contribution in [0.4, 0.5) is 0 Å². The molecule has 174 valence electrons. The van der Waals surface area contributed by atoms with E-state index in [9.17, 15) is 0 Å². The van der Waals surface area contributed by atoms with Crippen molar-refractivity contribution in [2.24, 2.45) is 18.0 Å². The van der Waals surface area contributed by atoms with Crippen molar-refractivity contribution in [2.75, 3.05) is 45.9 Å². The molecular formula is C21H36IN7OS. The number of halogens is 1. The summed E-state index contributed by atoms with van der Waals surface area (Å²) in [5.41, 5.74) is 0. The van der Waals surface area contributed by atoms with Crippen molar-refractivity contribution in [1.29, 1.82) is 0 Å². The van der Waals surface area contributed by atoms with Gasteiger partial charge < -0.3 is 19.9 Å². The summed E-state index contributed by atoms with van der Waals surface area (Å²) in [6.07, 6.45) is 2.16. The van der Waals surface area contributed by atoms with Crippen LogP contribution in [0.3, 0.4) is 0 Å². The topological polar surface area (TPSA) is 79.6 Å². The highest BCUT2D eigenvalue weighted by molar-refractivity contribution is 14.0. The van der Waals surface area contributed by atoms with E-state index in [-0.39, 0.29) is 24.0 Å². The van der Waals surface area contributed by atoms with Gasteiger partial charge in [-0.1, -0.05) is 13.0 Å². The van der Waals surface area contributed by atoms with E-state index in [1.165, 1.54) is 4.88 Å². The molecule has 1 fully saturated rings. The fraction of sp³-hybridized carbons (Fsp3) is 0.667. The first-order valence-electron chi connectivity index (χ1n) is 10.8. The normalized spacial score (nSPS) is 16.0. The minimum Gasteiger partial charge on any atom is -0.379 e. The molecule has 1 atom stereocenters. The van der Waals surface area contributed by atoms with Crippen LogP contribution in [0, 0.1) is 12.8 Å². The maximum Gasteiger partial charge on any atom is 0.191 e. The number of nitrogens with one attached hydrogen (secondary N) is 2. The molecule has 1 unspecified atom stereocenters. The number of aryl methyl sites for hydroxylation is 1. The van der Waals surface area contributed by atoms with Crippen molar-refractivity contribution >= 4 is 41.3 Å². The van der Waals surface area contributed by atoms with E-state index in [1.807, 2.05) is 29.9 Å². The first-order valence-corrected chi connectivity index (χ1v) is 11.7. The molecule has 0 amide bonds. The third-order valence-electron chi connectivity index (χ3n) is 5.36. The van der Waals surface area contributed by atoms with Gasteiger partial charge in [-0.15, -0.1) is 45.5 Å². The summed E-state index contributed by atoms with van der Waals surface area (Å²) >= 11 is 1.82.